The molecule has 0 saturated heterocycles. The lowest BCUT2D eigenvalue weighted by Crippen LogP contribution is -2.15. The van der Waals surface area contributed by atoms with Crippen LogP contribution in [-0.4, -0.2) is 22.0 Å². The second kappa shape index (κ2) is 6.17. The fourth-order valence-corrected chi connectivity index (χ4v) is 2.12. The Hall–Kier alpha value is -2.69. The Balaban J connectivity index is 2.14. The maximum Gasteiger partial charge on any atom is 0.309 e. The highest BCUT2D eigenvalue weighted by atomic mass is 16.4. The van der Waals surface area contributed by atoms with Crippen LogP contribution in [0.3, 0.4) is 0 Å². The molecular formula is C16H16N2O3. The molecule has 108 valence electrons. The number of nitrogens with zero attached hydrogens (tertiary/aromatic N) is 1. The lowest BCUT2D eigenvalue weighted by molar-refractivity contribution is -0.136. The maximum absolute atomic E-state index is 12.3. The van der Waals surface area contributed by atoms with Crippen molar-refractivity contribution in [2.45, 2.75) is 20.3 Å². The summed E-state index contributed by atoms with van der Waals surface area (Å²) in [7, 11) is 0. The number of anilines is 1. The first-order valence-corrected chi connectivity index (χ1v) is 6.51. The van der Waals surface area contributed by atoms with Gasteiger partial charge in [0.05, 0.1) is 24.0 Å². The number of aryl methyl sites for hydroxylation is 2. The van der Waals surface area contributed by atoms with Gasteiger partial charge in [-0.25, -0.2) is 0 Å². The second-order valence-corrected chi connectivity index (χ2v) is 4.83. The SMILES string of the molecule is Cc1cccc(C)c1C(=O)Nc1ccc(CC(=O)O)nc1. The van der Waals surface area contributed by atoms with Crippen molar-refractivity contribution in [1.82, 2.24) is 4.98 Å². The molecule has 2 aromatic rings. The summed E-state index contributed by atoms with van der Waals surface area (Å²) in [6, 6.07) is 8.92. The Morgan fingerprint density at radius 2 is 1.81 bits per heavy atom. The monoisotopic (exact) mass is 284 g/mol. The third-order valence-corrected chi connectivity index (χ3v) is 3.12. The first-order valence-electron chi connectivity index (χ1n) is 6.51. The van der Waals surface area contributed by atoms with E-state index in [9.17, 15) is 9.59 Å². The van der Waals surface area contributed by atoms with Crippen molar-refractivity contribution in [3.8, 4) is 0 Å². The molecule has 21 heavy (non-hydrogen) atoms. The van der Waals surface area contributed by atoms with Gasteiger partial charge in [0.25, 0.3) is 5.91 Å². The largest absolute Gasteiger partial charge is 0.481 e. The molecule has 0 aliphatic heterocycles. The molecule has 0 radical (unpaired) electrons. The molecule has 0 unspecified atom stereocenters. The summed E-state index contributed by atoms with van der Waals surface area (Å²) in [6.45, 7) is 3.77. The van der Waals surface area contributed by atoms with Gasteiger partial charge < -0.3 is 10.4 Å². The minimum atomic E-state index is -0.935. The van der Waals surface area contributed by atoms with Crippen LogP contribution in [0.4, 0.5) is 5.69 Å². The predicted octanol–water partition coefficient (Wildman–Crippen LogP) is 2.58. The van der Waals surface area contributed by atoms with Crippen LogP contribution in [0.5, 0.6) is 0 Å². The van der Waals surface area contributed by atoms with E-state index in [0.717, 1.165) is 11.1 Å². The van der Waals surface area contributed by atoms with Gasteiger partial charge in [-0.15, -0.1) is 0 Å². The fraction of sp³-hybridized carbons (Fsp3) is 0.188. The van der Waals surface area contributed by atoms with Crippen LogP contribution in [0.1, 0.15) is 27.2 Å². The van der Waals surface area contributed by atoms with Gasteiger partial charge in [0, 0.05) is 5.56 Å². The quantitative estimate of drug-likeness (QED) is 0.904. The minimum absolute atomic E-state index is 0.134. The van der Waals surface area contributed by atoms with Crippen molar-refractivity contribution in [2.24, 2.45) is 0 Å². The van der Waals surface area contributed by atoms with E-state index in [-0.39, 0.29) is 12.3 Å². The van der Waals surface area contributed by atoms with Gasteiger partial charge in [0.1, 0.15) is 0 Å². The van der Waals surface area contributed by atoms with E-state index < -0.39 is 5.97 Å². The second-order valence-electron chi connectivity index (χ2n) is 4.83. The molecule has 0 atom stereocenters. The molecule has 0 fully saturated rings. The number of carbonyl (C=O) groups is 2. The molecule has 0 bridgehead atoms. The lowest BCUT2D eigenvalue weighted by atomic mass is 10.0. The van der Waals surface area contributed by atoms with Crippen molar-refractivity contribution >= 4 is 17.6 Å². The van der Waals surface area contributed by atoms with E-state index in [4.69, 9.17) is 5.11 Å². The van der Waals surface area contributed by atoms with Gasteiger partial charge in [-0.2, -0.15) is 0 Å². The molecule has 1 amide bonds. The van der Waals surface area contributed by atoms with Crippen LogP contribution in [0.2, 0.25) is 0 Å². The standard InChI is InChI=1S/C16H16N2O3/c1-10-4-3-5-11(2)15(10)16(21)18-13-7-6-12(17-9-13)8-14(19)20/h3-7,9H,8H2,1-2H3,(H,18,21)(H,19,20). The fourth-order valence-electron chi connectivity index (χ4n) is 2.12. The molecule has 1 heterocycles. The summed E-state index contributed by atoms with van der Waals surface area (Å²) in [4.78, 5) is 26.9. The summed E-state index contributed by atoms with van der Waals surface area (Å²) >= 11 is 0. The number of carbonyl (C=O) groups excluding carboxylic acids is 1. The van der Waals surface area contributed by atoms with Gasteiger partial charge in [0.2, 0.25) is 0 Å². The Kier molecular flexibility index (Phi) is 4.33. The Morgan fingerprint density at radius 1 is 1.14 bits per heavy atom. The van der Waals surface area contributed by atoms with Crippen molar-refractivity contribution in [3.63, 3.8) is 0 Å². The van der Waals surface area contributed by atoms with Crippen molar-refractivity contribution in [2.75, 3.05) is 5.32 Å². The number of nitrogens with one attached hydrogen (secondary N) is 1. The van der Waals surface area contributed by atoms with E-state index >= 15 is 0 Å². The molecule has 1 aromatic carbocycles. The van der Waals surface area contributed by atoms with Crippen molar-refractivity contribution in [3.05, 3.63) is 58.9 Å². The summed E-state index contributed by atoms with van der Waals surface area (Å²) in [6.07, 6.45) is 1.33. The summed E-state index contributed by atoms with van der Waals surface area (Å²) < 4.78 is 0. The van der Waals surface area contributed by atoms with Crippen LogP contribution < -0.4 is 5.32 Å². The zero-order chi connectivity index (χ0) is 15.4. The molecule has 5 nitrogen and oxygen atoms in total. The van der Waals surface area contributed by atoms with E-state index in [1.54, 1.807) is 12.1 Å². The number of rotatable bonds is 4. The first-order chi connectivity index (χ1) is 9.97. The molecule has 0 aliphatic rings. The first kappa shape index (κ1) is 14.7. The number of benzene rings is 1. The number of pyridine rings is 1. The number of aliphatic carboxylic acids is 1. The molecule has 2 N–H and O–H groups in total. The van der Waals surface area contributed by atoms with Gasteiger partial charge in [-0.3, -0.25) is 14.6 Å². The van der Waals surface area contributed by atoms with Gasteiger partial charge in [-0.05, 0) is 37.1 Å². The zero-order valence-electron chi connectivity index (χ0n) is 11.9. The van der Waals surface area contributed by atoms with E-state index in [0.29, 0.717) is 16.9 Å². The molecule has 1 aromatic heterocycles. The molecule has 2 rings (SSSR count). The topological polar surface area (TPSA) is 79.3 Å². The number of carboxylic acid groups (broad SMARTS) is 1. The summed E-state index contributed by atoms with van der Waals surface area (Å²) in [5, 5.41) is 11.5. The third-order valence-electron chi connectivity index (χ3n) is 3.12. The molecular weight excluding hydrogens is 268 g/mol. The normalized spacial score (nSPS) is 10.2. The summed E-state index contributed by atoms with van der Waals surface area (Å²) in [5.41, 5.74) is 3.45. The minimum Gasteiger partial charge on any atom is -0.481 e. The third kappa shape index (κ3) is 3.66. The Labute approximate surface area is 122 Å². The highest BCUT2D eigenvalue weighted by Crippen LogP contribution is 2.16. The van der Waals surface area contributed by atoms with Crippen LogP contribution in [-0.2, 0) is 11.2 Å². The zero-order valence-corrected chi connectivity index (χ0v) is 11.9. The van der Waals surface area contributed by atoms with Crippen LogP contribution >= 0.6 is 0 Å². The molecule has 0 aliphatic carbocycles. The predicted molar refractivity (Wildman–Crippen MR) is 79.4 cm³/mol. The average molecular weight is 284 g/mol. The maximum atomic E-state index is 12.3. The van der Waals surface area contributed by atoms with E-state index in [1.807, 2.05) is 32.0 Å². The van der Waals surface area contributed by atoms with E-state index in [1.165, 1.54) is 6.20 Å². The number of amides is 1. The molecule has 0 saturated carbocycles. The highest BCUT2D eigenvalue weighted by molar-refractivity contribution is 6.06. The number of hydrogen-bond donors (Lipinski definition) is 2. The van der Waals surface area contributed by atoms with Gasteiger partial charge in [-0.1, -0.05) is 18.2 Å². The Bertz CT molecular complexity index is 658. The number of hydrogen-bond acceptors (Lipinski definition) is 3. The van der Waals surface area contributed by atoms with Gasteiger partial charge in [0.15, 0.2) is 0 Å². The van der Waals surface area contributed by atoms with Gasteiger partial charge >= 0.3 is 5.97 Å². The Morgan fingerprint density at radius 3 is 2.33 bits per heavy atom. The van der Waals surface area contributed by atoms with Crippen LogP contribution in [0.15, 0.2) is 36.5 Å². The highest BCUT2D eigenvalue weighted by Gasteiger charge is 2.12. The van der Waals surface area contributed by atoms with Crippen molar-refractivity contribution in [1.29, 1.82) is 0 Å². The molecule has 0 spiro atoms. The molecule has 5 heteroatoms. The number of carboxylic acids is 1. The smallest absolute Gasteiger partial charge is 0.309 e. The number of aromatic nitrogens is 1. The van der Waals surface area contributed by atoms with Crippen LogP contribution in [0, 0.1) is 13.8 Å². The van der Waals surface area contributed by atoms with Crippen molar-refractivity contribution < 1.29 is 14.7 Å². The average Bonchev–Trinajstić information content (AvgIpc) is 2.40. The van der Waals surface area contributed by atoms with E-state index in [2.05, 4.69) is 10.3 Å². The lowest BCUT2D eigenvalue weighted by Gasteiger charge is -2.10. The van der Waals surface area contributed by atoms with Crippen LogP contribution in [0.25, 0.3) is 0 Å². The summed E-state index contributed by atoms with van der Waals surface area (Å²) in [5.74, 6) is -1.13.